The molecule has 2 bridgehead atoms. The van der Waals surface area contributed by atoms with Crippen molar-refractivity contribution >= 4 is 14.6 Å². The lowest BCUT2D eigenvalue weighted by Crippen LogP contribution is -2.44. The second kappa shape index (κ2) is 11.0. The molecule has 2 aliphatic carbocycles. The minimum atomic E-state index is -2.03. The Morgan fingerprint density at radius 1 is 1.06 bits per heavy atom. The van der Waals surface area contributed by atoms with Gasteiger partial charge in [0, 0.05) is 11.1 Å². The predicted molar refractivity (Wildman–Crippen MR) is 138 cm³/mol. The summed E-state index contributed by atoms with van der Waals surface area (Å²) in [4.78, 5) is 11.7. The zero-order chi connectivity index (χ0) is 23.9. The van der Waals surface area contributed by atoms with Gasteiger partial charge in [-0.2, -0.15) is 0 Å². The molecule has 0 saturated heterocycles. The van der Waals surface area contributed by atoms with Crippen LogP contribution in [0.2, 0.25) is 18.1 Å². The third-order valence-electron chi connectivity index (χ3n) is 6.51. The van der Waals surface area contributed by atoms with Crippen LogP contribution in [0.3, 0.4) is 0 Å². The van der Waals surface area contributed by atoms with Crippen molar-refractivity contribution in [1.82, 2.24) is 0 Å². The number of ether oxygens (including phenoxy) is 1. The summed E-state index contributed by atoms with van der Waals surface area (Å²) >= 11 is 0. The van der Waals surface area contributed by atoms with Crippen molar-refractivity contribution < 1.29 is 14.0 Å². The molecule has 0 unspecified atom stereocenters. The molecule has 32 heavy (non-hydrogen) atoms. The topological polar surface area (TPSA) is 35.5 Å². The molecule has 4 heteroatoms. The highest BCUT2D eigenvalue weighted by atomic mass is 28.4. The van der Waals surface area contributed by atoms with Crippen molar-refractivity contribution in [2.75, 3.05) is 7.11 Å². The highest BCUT2D eigenvalue weighted by Crippen LogP contribution is 2.40. The van der Waals surface area contributed by atoms with E-state index in [1.165, 1.54) is 5.57 Å². The number of aldehydes is 1. The Hall–Kier alpha value is -2.33. The van der Waals surface area contributed by atoms with Gasteiger partial charge < -0.3 is 9.16 Å². The van der Waals surface area contributed by atoms with Crippen LogP contribution in [0.25, 0.3) is 0 Å². The van der Waals surface area contributed by atoms with Crippen LogP contribution >= 0.6 is 0 Å². The predicted octanol–water partition coefficient (Wildman–Crippen LogP) is 7.53. The van der Waals surface area contributed by atoms with Crippen molar-refractivity contribution in [3.63, 3.8) is 0 Å². The van der Waals surface area contributed by atoms with E-state index in [1.807, 2.05) is 18.2 Å². The Kier molecular flexibility index (Phi) is 8.91. The van der Waals surface area contributed by atoms with Crippen molar-refractivity contribution in [1.29, 1.82) is 0 Å². The van der Waals surface area contributed by atoms with Crippen LogP contribution in [0.1, 0.15) is 58.1 Å². The summed E-state index contributed by atoms with van der Waals surface area (Å²) in [5.41, 5.74) is 5.33. The first-order valence-corrected chi connectivity index (χ1v) is 14.4. The Labute approximate surface area is 196 Å². The Bertz CT molecular complexity index is 927. The van der Waals surface area contributed by atoms with Gasteiger partial charge in [-0.05, 0) is 74.9 Å². The van der Waals surface area contributed by atoms with E-state index in [2.05, 4.69) is 65.6 Å². The Morgan fingerprint density at radius 2 is 1.75 bits per heavy atom. The molecule has 0 aromatic heterocycles. The number of carbonyl (C=O) groups excluding carboxylic acids is 1. The van der Waals surface area contributed by atoms with Gasteiger partial charge in [-0.25, -0.2) is 0 Å². The summed E-state index contributed by atoms with van der Waals surface area (Å²) in [6.07, 6.45) is 13.2. The lowest BCUT2D eigenvalue weighted by molar-refractivity contribution is -0.105. The number of methoxy groups -OCH3 is 1. The molecule has 3 rings (SSSR count). The monoisotopic (exact) mass is 452 g/mol. The first-order chi connectivity index (χ1) is 15.0. The van der Waals surface area contributed by atoms with Crippen LogP contribution in [0.5, 0.6) is 11.5 Å². The van der Waals surface area contributed by atoms with Gasteiger partial charge >= 0.3 is 0 Å². The van der Waals surface area contributed by atoms with Crippen LogP contribution in [-0.2, 0) is 17.6 Å². The van der Waals surface area contributed by atoms with Crippen LogP contribution < -0.4 is 9.16 Å². The molecule has 0 fully saturated rings. The number of carbonyl (C=O) groups is 1. The van der Waals surface area contributed by atoms with Gasteiger partial charge in [-0.15, -0.1) is 0 Å². The smallest absolute Gasteiger partial charge is 0.250 e. The first kappa shape index (κ1) is 25.9. The molecular weight excluding hydrogens is 412 g/mol. The number of hydrogen-bond acceptors (Lipinski definition) is 3. The van der Waals surface area contributed by atoms with Gasteiger partial charge in [-0.1, -0.05) is 62.8 Å². The van der Waals surface area contributed by atoms with Crippen molar-refractivity contribution in [3.8, 4) is 11.5 Å². The number of benzene rings is 1. The van der Waals surface area contributed by atoms with E-state index in [9.17, 15) is 4.79 Å². The van der Waals surface area contributed by atoms with Crippen LogP contribution in [-0.4, -0.2) is 21.7 Å². The minimum Gasteiger partial charge on any atom is -0.543 e. The zero-order valence-electron chi connectivity index (χ0n) is 21.0. The molecule has 0 amide bonds. The lowest BCUT2D eigenvalue weighted by atomic mass is 9.98. The third kappa shape index (κ3) is 7.09. The van der Waals surface area contributed by atoms with Gasteiger partial charge in [-0.3, -0.25) is 4.79 Å². The summed E-state index contributed by atoms with van der Waals surface area (Å²) < 4.78 is 12.5. The average Bonchev–Trinajstić information content (AvgIpc) is 2.69. The van der Waals surface area contributed by atoms with Crippen molar-refractivity contribution in [2.45, 2.75) is 77.9 Å². The summed E-state index contributed by atoms with van der Waals surface area (Å²) in [6, 6.07) is 4.25. The number of fused-ring (bicyclic) bond motifs is 10. The van der Waals surface area contributed by atoms with E-state index in [0.717, 1.165) is 59.3 Å². The van der Waals surface area contributed by atoms with Crippen LogP contribution in [0.15, 0.2) is 59.7 Å². The van der Waals surface area contributed by atoms with E-state index >= 15 is 0 Å². The summed E-state index contributed by atoms with van der Waals surface area (Å²) in [5.74, 6) is 1.78. The van der Waals surface area contributed by atoms with Crippen molar-refractivity contribution in [2.24, 2.45) is 0 Å². The van der Waals surface area contributed by atoms with Gasteiger partial charge in [0.25, 0.3) is 0 Å². The summed E-state index contributed by atoms with van der Waals surface area (Å²) in [6.45, 7) is 17.6. The maximum absolute atomic E-state index is 11.7. The molecule has 3 nitrogen and oxygen atoms in total. The molecule has 1 aromatic carbocycles. The van der Waals surface area contributed by atoms with E-state index in [-0.39, 0.29) is 5.04 Å². The molecule has 0 radical (unpaired) electrons. The normalized spacial score (nSPS) is 20.7. The maximum atomic E-state index is 11.7. The standard InChI is InChI=1S/C28H40O3Si/c1-21-11-9-13-22(2)17-25-19-27(31-32(7,8)28(3,4)5)24(18-26(25)30-6)16-15-23(20-29)14-10-12-21/h10,12-13,15,18-20H,1,9,11,14,16-17H2,2-8H3/b12-10+,22-13-,23-15-. The quantitative estimate of drug-likeness (QED) is 0.269. The van der Waals surface area contributed by atoms with Gasteiger partial charge in [0.2, 0.25) is 8.32 Å². The molecule has 0 aliphatic heterocycles. The van der Waals surface area contributed by atoms with Gasteiger partial charge in [0.05, 0.1) is 7.11 Å². The largest absolute Gasteiger partial charge is 0.543 e. The molecule has 0 heterocycles. The van der Waals surface area contributed by atoms with Crippen LogP contribution in [0.4, 0.5) is 0 Å². The second-order valence-electron chi connectivity index (χ2n) is 10.3. The molecule has 0 saturated carbocycles. The lowest BCUT2D eigenvalue weighted by Gasteiger charge is -2.37. The molecule has 0 atom stereocenters. The van der Waals surface area contributed by atoms with Gasteiger partial charge in [0.1, 0.15) is 17.8 Å². The van der Waals surface area contributed by atoms with E-state index in [1.54, 1.807) is 7.11 Å². The fraction of sp³-hybridized carbons (Fsp3) is 0.464. The summed E-state index contributed by atoms with van der Waals surface area (Å²) in [5, 5.41) is 0.0914. The van der Waals surface area contributed by atoms with Gasteiger partial charge in [0.15, 0.2) is 0 Å². The molecule has 0 N–H and O–H groups in total. The number of hydrogen-bond donors (Lipinski definition) is 0. The first-order valence-electron chi connectivity index (χ1n) is 11.5. The van der Waals surface area contributed by atoms with E-state index in [4.69, 9.17) is 9.16 Å². The molecule has 2 aliphatic rings. The number of allylic oxidation sites excluding steroid dienone is 7. The Balaban J connectivity index is 2.60. The molecule has 174 valence electrons. The molecule has 0 spiro atoms. The summed E-state index contributed by atoms with van der Waals surface area (Å²) in [7, 11) is -0.315. The second-order valence-corrected chi connectivity index (χ2v) is 15.0. The number of rotatable bonds is 4. The highest BCUT2D eigenvalue weighted by Gasteiger charge is 2.39. The SMILES string of the molecule is C=C1/C=C/C/C(C=O)=C/Cc2cc(OC)c(cc2O[Si](C)(C)C(C)(C)C)C/C(C)=C\CC1. The maximum Gasteiger partial charge on any atom is 0.250 e. The fourth-order valence-electron chi connectivity index (χ4n) is 3.40. The third-order valence-corrected chi connectivity index (χ3v) is 10.8. The minimum absolute atomic E-state index is 0.0914. The fourth-order valence-corrected chi connectivity index (χ4v) is 4.44. The average molecular weight is 453 g/mol. The zero-order valence-corrected chi connectivity index (χ0v) is 22.0. The Morgan fingerprint density at radius 3 is 2.38 bits per heavy atom. The van der Waals surface area contributed by atoms with Crippen LogP contribution in [0, 0.1) is 0 Å². The highest BCUT2D eigenvalue weighted by molar-refractivity contribution is 6.74. The molecular formula is C28H40O3Si. The molecule has 1 aromatic rings. The van der Waals surface area contributed by atoms with E-state index < -0.39 is 8.32 Å². The van der Waals surface area contributed by atoms with Crippen molar-refractivity contribution in [3.05, 3.63) is 70.9 Å². The van der Waals surface area contributed by atoms with E-state index in [0.29, 0.717) is 12.8 Å².